The van der Waals surface area contributed by atoms with Crippen molar-refractivity contribution in [1.82, 2.24) is 4.90 Å². The largest absolute Gasteiger partial charge is 0.495 e. The highest BCUT2D eigenvalue weighted by Crippen LogP contribution is 2.28. The molecule has 1 heterocycles. The van der Waals surface area contributed by atoms with Crippen LogP contribution in [0, 0.1) is 5.92 Å². The number of rotatable bonds is 7. The van der Waals surface area contributed by atoms with Gasteiger partial charge in [0.2, 0.25) is 11.8 Å². The van der Waals surface area contributed by atoms with E-state index in [4.69, 9.17) is 4.74 Å². The summed E-state index contributed by atoms with van der Waals surface area (Å²) in [4.78, 5) is 32.7. The van der Waals surface area contributed by atoms with E-state index in [-0.39, 0.29) is 11.8 Å². The molecule has 3 rings (SSSR count). The average Bonchev–Trinajstić information content (AvgIpc) is 2.87. The smallest absolute Gasteiger partial charge is 0.227 e. The van der Waals surface area contributed by atoms with Crippen LogP contribution in [0.3, 0.4) is 0 Å². The fourth-order valence-corrected chi connectivity index (χ4v) is 4.83. The number of ether oxygens (including phenoxy) is 1. The molecule has 36 heavy (non-hydrogen) atoms. The summed E-state index contributed by atoms with van der Waals surface area (Å²) in [5.41, 5.74) is 2.97. The maximum Gasteiger partial charge on any atom is 0.227 e. The van der Waals surface area contributed by atoms with Crippen LogP contribution < -0.4 is 14.5 Å². The number of benzene rings is 2. The minimum Gasteiger partial charge on any atom is -0.495 e. The number of para-hydroxylation sites is 3. The van der Waals surface area contributed by atoms with Crippen LogP contribution in [-0.4, -0.2) is 50.5 Å². The van der Waals surface area contributed by atoms with Gasteiger partial charge in [-0.05, 0) is 42.5 Å². The van der Waals surface area contributed by atoms with Crippen LogP contribution in [0.4, 0.5) is 11.4 Å². The van der Waals surface area contributed by atoms with Gasteiger partial charge in [0.1, 0.15) is 5.75 Å². The molecule has 0 saturated heterocycles. The van der Waals surface area contributed by atoms with Crippen molar-refractivity contribution in [3.05, 3.63) is 54.1 Å². The van der Waals surface area contributed by atoms with Gasteiger partial charge in [-0.25, -0.2) is 0 Å². The third kappa shape index (κ3) is 7.74. The number of fused-ring (bicyclic) bond motifs is 1. The Hall–Kier alpha value is -3.02. The molecule has 1 aliphatic rings. The van der Waals surface area contributed by atoms with Crippen LogP contribution in [0.25, 0.3) is 0 Å². The Morgan fingerprint density at radius 2 is 1.58 bits per heavy atom. The van der Waals surface area contributed by atoms with Crippen LogP contribution in [0.1, 0.15) is 64.4 Å². The number of anilines is 2. The van der Waals surface area contributed by atoms with Gasteiger partial charge in [-0.1, -0.05) is 63.4 Å². The topological polar surface area (TPSA) is 53.1 Å². The summed E-state index contributed by atoms with van der Waals surface area (Å²) >= 11 is 0. The first-order valence-electron chi connectivity index (χ1n) is 13.4. The van der Waals surface area contributed by atoms with Crippen molar-refractivity contribution in [3.63, 3.8) is 0 Å². The summed E-state index contributed by atoms with van der Waals surface area (Å²) in [6, 6.07) is 16.0. The Morgan fingerprint density at radius 3 is 2.33 bits per heavy atom. The molecule has 2 aromatic carbocycles. The highest BCUT2D eigenvalue weighted by Gasteiger charge is 2.22. The second kappa shape index (κ2) is 13.9. The van der Waals surface area contributed by atoms with Crippen LogP contribution in [0.5, 0.6) is 5.75 Å². The maximum absolute atomic E-state index is 13.5. The number of amides is 2. The van der Waals surface area contributed by atoms with Crippen LogP contribution in [-0.2, 0) is 16.1 Å². The van der Waals surface area contributed by atoms with Gasteiger partial charge in [0.05, 0.1) is 12.8 Å². The zero-order valence-electron chi connectivity index (χ0n) is 22.5. The molecule has 0 saturated carbocycles. The molecule has 0 aliphatic carbocycles. The van der Waals surface area contributed by atoms with Crippen molar-refractivity contribution in [2.24, 2.45) is 5.92 Å². The number of carbonyl (C=O) groups excluding carboxylic acids is 2. The number of nitrogens with zero attached hydrogens (tertiary/aromatic N) is 3. The van der Waals surface area contributed by atoms with Gasteiger partial charge in [-0.3, -0.25) is 9.59 Å². The van der Waals surface area contributed by atoms with Crippen LogP contribution in [0.15, 0.2) is 48.5 Å². The van der Waals surface area contributed by atoms with E-state index in [1.165, 1.54) is 0 Å². The van der Waals surface area contributed by atoms with E-state index in [0.717, 1.165) is 67.9 Å². The summed E-state index contributed by atoms with van der Waals surface area (Å²) in [6.07, 6.45) is 6.31. The van der Waals surface area contributed by atoms with Crippen molar-refractivity contribution in [2.45, 2.75) is 65.3 Å². The monoisotopic (exact) mass is 493 g/mol. The lowest BCUT2D eigenvalue weighted by Crippen LogP contribution is -2.37. The molecule has 0 radical (unpaired) electrons. The minimum atomic E-state index is 0.142. The van der Waals surface area contributed by atoms with Crippen LogP contribution in [0.2, 0.25) is 0 Å². The molecule has 0 atom stereocenters. The lowest BCUT2D eigenvalue weighted by molar-refractivity contribution is -0.131. The Bertz CT molecular complexity index is 991. The lowest BCUT2D eigenvalue weighted by Gasteiger charge is -2.30. The number of hydrogen-bond acceptors (Lipinski definition) is 4. The fraction of sp³-hybridized carbons (Fsp3) is 0.533. The molecular formula is C30H43N3O3. The number of hydrogen-bond donors (Lipinski definition) is 0. The summed E-state index contributed by atoms with van der Waals surface area (Å²) in [5.74, 6) is 1.43. The Kier molecular flexibility index (Phi) is 10.6. The van der Waals surface area contributed by atoms with E-state index < -0.39 is 0 Å². The molecule has 1 aliphatic heterocycles. The van der Waals surface area contributed by atoms with Gasteiger partial charge in [-0.15, -0.1) is 0 Å². The maximum atomic E-state index is 13.5. The Morgan fingerprint density at radius 1 is 0.917 bits per heavy atom. The number of methoxy groups -OCH3 is 1. The van der Waals surface area contributed by atoms with E-state index in [1.54, 1.807) is 7.11 Å². The van der Waals surface area contributed by atoms with Gasteiger partial charge in [0.15, 0.2) is 0 Å². The van der Waals surface area contributed by atoms with Crippen molar-refractivity contribution in [2.75, 3.05) is 43.6 Å². The first kappa shape index (κ1) is 27.6. The van der Waals surface area contributed by atoms with Gasteiger partial charge in [-0.2, -0.15) is 0 Å². The Balaban J connectivity index is 1.78. The molecule has 0 N–H and O–H groups in total. The molecular weight excluding hydrogens is 450 g/mol. The molecule has 0 unspecified atom stereocenters. The fourth-order valence-electron chi connectivity index (χ4n) is 4.83. The zero-order chi connectivity index (χ0) is 25.9. The van der Waals surface area contributed by atoms with E-state index in [1.807, 2.05) is 59.3 Å². The first-order chi connectivity index (χ1) is 17.4. The average molecular weight is 494 g/mol. The molecule has 0 bridgehead atoms. The Labute approximate surface area is 217 Å². The molecule has 6 nitrogen and oxygen atoms in total. The van der Waals surface area contributed by atoms with Crippen LogP contribution >= 0.6 is 0 Å². The second-order valence-corrected chi connectivity index (χ2v) is 10.2. The third-order valence-electron chi connectivity index (χ3n) is 6.85. The van der Waals surface area contributed by atoms with E-state index in [0.29, 0.717) is 31.8 Å². The minimum absolute atomic E-state index is 0.142. The summed E-state index contributed by atoms with van der Waals surface area (Å²) in [5, 5.41) is 0. The highest BCUT2D eigenvalue weighted by atomic mass is 16.5. The predicted octanol–water partition coefficient (Wildman–Crippen LogP) is 5.89. The molecule has 0 aromatic heterocycles. The van der Waals surface area contributed by atoms with E-state index >= 15 is 0 Å². The van der Waals surface area contributed by atoms with Gasteiger partial charge in [0.25, 0.3) is 0 Å². The second-order valence-electron chi connectivity index (χ2n) is 10.2. The van der Waals surface area contributed by atoms with Gasteiger partial charge >= 0.3 is 0 Å². The summed E-state index contributed by atoms with van der Waals surface area (Å²) in [6.45, 7) is 6.78. The number of carbonyl (C=O) groups is 2. The summed E-state index contributed by atoms with van der Waals surface area (Å²) in [7, 11) is 3.66. The van der Waals surface area contributed by atoms with Crippen molar-refractivity contribution < 1.29 is 14.3 Å². The molecule has 0 spiro atoms. The van der Waals surface area contributed by atoms with Gasteiger partial charge < -0.3 is 19.4 Å². The molecule has 196 valence electrons. The van der Waals surface area contributed by atoms with E-state index in [2.05, 4.69) is 24.8 Å². The van der Waals surface area contributed by atoms with Crippen molar-refractivity contribution >= 4 is 23.2 Å². The summed E-state index contributed by atoms with van der Waals surface area (Å²) < 4.78 is 5.49. The normalized spacial score (nSPS) is 15.0. The van der Waals surface area contributed by atoms with Gasteiger partial charge in [0, 0.05) is 51.8 Å². The molecule has 2 aromatic rings. The van der Waals surface area contributed by atoms with Crippen molar-refractivity contribution in [1.29, 1.82) is 0 Å². The molecule has 0 fully saturated rings. The molecule has 2 amide bonds. The van der Waals surface area contributed by atoms with E-state index in [9.17, 15) is 9.59 Å². The molecule has 6 heteroatoms. The zero-order valence-corrected chi connectivity index (χ0v) is 22.5. The quantitative estimate of drug-likeness (QED) is 0.482. The SMILES string of the molecule is COc1ccccc1N(C)CCC(=O)N1CCCCCCCN(C(=O)CC(C)C)c2ccccc2C1. The first-order valence-corrected chi connectivity index (χ1v) is 13.4. The predicted molar refractivity (Wildman–Crippen MR) is 148 cm³/mol. The standard InChI is InChI=1S/C30H43N3O3/c1-24(2)22-30(35)33-20-13-7-5-6-12-19-32(23-25-14-8-9-15-26(25)33)29(34)18-21-31(3)27-16-10-11-17-28(27)36-4/h8-11,14-17,24H,5-7,12-13,18-23H2,1-4H3. The third-order valence-corrected chi connectivity index (χ3v) is 6.85. The van der Waals surface area contributed by atoms with Crippen molar-refractivity contribution in [3.8, 4) is 5.75 Å². The highest BCUT2D eigenvalue weighted by molar-refractivity contribution is 5.94. The lowest BCUT2D eigenvalue weighted by atomic mass is 10.0.